The maximum atomic E-state index is 5.31. The van der Waals surface area contributed by atoms with Gasteiger partial charge in [-0.15, -0.1) is 11.8 Å². The van der Waals surface area contributed by atoms with Crippen LogP contribution >= 0.6 is 24.0 Å². The molecule has 0 spiro atoms. The molecule has 2 rings (SSSR count). The van der Waals surface area contributed by atoms with Gasteiger partial charge in [-0.05, 0) is 48.5 Å². The minimum atomic E-state index is 0.701. The van der Waals surface area contributed by atoms with E-state index in [1.807, 2.05) is 17.8 Å². The highest BCUT2D eigenvalue weighted by Crippen LogP contribution is 2.23. The minimum absolute atomic E-state index is 0.701. The van der Waals surface area contributed by atoms with Crippen LogP contribution in [0.1, 0.15) is 31.7 Å². The zero-order chi connectivity index (χ0) is 16.3. The predicted molar refractivity (Wildman–Crippen MR) is 106 cm³/mol. The molecule has 2 aromatic carbocycles. The third kappa shape index (κ3) is 7.06. The van der Waals surface area contributed by atoms with Crippen molar-refractivity contribution in [2.75, 3.05) is 11.9 Å². The van der Waals surface area contributed by atoms with E-state index in [9.17, 15) is 0 Å². The van der Waals surface area contributed by atoms with E-state index in [-0.39, 0.29) is 0 Å². The van der Waals surface area contributed by atoms with Crippen LogP contribution in [0.15, 0.2) is 59.5 Å². The number of thiocarbonyl (C=S) groups is 1. The summed E-state index contributed by atoms with van der Waals surface area (Å²) in [5.74, 6) is 0.976. The van der Waals surface area contributed by atoms with Crippen LogP contribution < -0.4 is 10.6 Å². The lowest BCUT2D eigenvalue weighted by molar-refractivity contribution is 0.698. The molecule has 0 aliphatic heterocycles. The van der Waals surface area contributed by atoms with Crippen molar-refractivity contribution in [1.82, 2.24) is 5.32 Å². The van der Waals surface area contributed by atoms with E-state index < -0.39 is 0 Å². The van der Waals surface area contributed by atoms with Crippen molar-refractivity contribution in [2.45, 2.75) is 36.8 Å². The van der Waals surface area contributed by atoms with Gasteiger partial charge in [0.05, 0.1) is 0 Å². The SMILES string of the molecule is CCCCCNC(=S)Nc1ccc(CSc2ccccc2)cc1. The van der Waals surface area contributed by atoms with Gasteiger partial charge >= 0.3 is 0 Å². The Labute approximate surface area is 149 Å². The lowest BCUT2D eigenvalue weighted by Gasteiger charge is -2.11. The first-order valence-electron chi connectivity index (χ1n) is 8.09. The average Bonchev–Trinajstić information content (AvgIpc) is 2.59. The van der Waals surface area contributed by atoms with Gasteiger partial charge in [-0.3, -0.25) is 0 Å². The monoisotopic (exact) mass is 344 g/mol. The van der Waals surface area contributed by atoms with Crippen LogP contribution in [0.4, 0.5) is 5.69 Å². The Hall–Kier alpha value is -1.52. The number of nitrogens with one attached hydrogen (secondary N) is 2. The van der Waals surface area contributed by atoms with Crippen molar-refractivity contribution in [3.63, 3.8) is 0 Å². The van der Waals surface area contributed by atoms with E-state index in [0.717, 1.165) is 24.4 Å². The first kappa shape index (κ1) is 17.8. The second-order valence-corrected chi connectivity index (χ2v) is 6.84. The summed E-state index contributed by atoms with van der Waals surface area (Å²) >= 11 is 7.16. The van der Waals surface area contributed by atoms with Crippen molar-refractivity contribution < 1.29 is 0 Å². The Morgan fingerprint density at radius 1 is 1.00 bits per heavy atom. The number of unbranched alkanes of at least 4 members (excludes halogenated alkanes) is 2. The van der Waals surface area contributed by atoms with Gasteiger partial charge in [0.2, 0.25) is 0 Å². The molecule has 2 N–H and O–H groups in total. The Morgan fingerprint density at radius 2 is 1.74 bits per heavy atom. The molecule has 4 heteroatoms. The van der Waals surface area contributed by atoms with Gasteiger partial charge in [0, 0.05) is 22.9 Å². The van der Waals surface area contributed by atoms with Gasteiger partial charge in [-0.25, -0.2) is 0 Å². The van der Waals surface area contributed by atoms with Gasteiger partial charge in [-0.1, -0.05) is 50.1 Å². The van der Waals surface area contributed by atoms with E-state index in [4.69, 9.17) is 12.2 Å². The van der Waals surface area contributed by atoms with Crippen LogP contribution in [0.5, 0.6) is 0 Å². The van der Waals surface area contributed by atoms with Crippen molar-refractivity contribution in [3.05, 3.63) is 60.2 Å². The lowest BCUT2D eigenvalue weighted by atomic mass is 10.2. The topological polar surface area (TPSA) is 24.1 Å². The van der Waals surface area contributed by atoms with Crippen molar-refractivity contribution >= 4 is 34.8 Å². The zero-order valence-corrected chi connectivity index (χ0v) is 15.2. The summed E-state index contributed by atoms with van der Waals surface area (Å²) in [5.41, 5.74) is 2.35. The Bertz CT molecular complexity index is 582. The summed E-state index contributed by atoms with van der Waals surface area (Å²) in [7, 11) is 0. The Kier molecular flexibility index (Phi) is 7.98. The molecule has 0 aliphatic carbocycles. The van der Waals surface area contributed by atoms with E-state index in [2.05, 4.69) is 66.1 Å². The van der Waals surface area contributed by atoms with E-state index in [1.165, 1.54) is 23.3 Å². The maximum absolute atomic E-state index is 5.31. The van der Waals surface area contributed by atoms with Crippen molar-refractivity contribution in [2.24, 2.45) is 0 Å². The number of rotatable bonds is 8. The van der Waals surface area contributed by atoms with Crippen LogP contribution in [-0.2, 0) is 5.75 Å². The molecule has 0 saturated carbocycles. The van der Waals surface area contributed by atoms with Gasteiger partial charge in [0.15, 0.2) is 5.11 Å². The Morgan fingerprint density at radius 3 is 2.43 bits per heavy atom. The zero-order valence-electron chi connectivity index (χ0n) is 13.5. The first-order chi connectivity index (χ1) is 11.3. The van der Waals surface area contributed by atoms with E-state index >= 15 is 0 Å². The molecule has 0 aromatic heterocycles. The quantitative estimate of drug-likeness (QED) is 0.377. The molecular weight excluding hydrogens is 320 g/mol. The molecule has 0 heterocycles. The van der Waals surface area contributed by atoms with Gasteiger partial charge in [0.25, 0.3) is 0 Å². The molecule has 23 heavy (non-hydrogen) atoms. The van der Waals surface area contributed by atoms with Gasteiger partial charge in [0.1, 0.15) is 0 Å². The highest BCUT2D eigenvalue weighted by atomic mass is 32.2. The second kappa shape index (κ2) is 10.3. The van der Waals surface area contributed by atoms with Crippen LogP contribution in [0.2, 0.25) is 0 Å². The molecule has 0 fully saturated rings. The molecule has 2 aromatic rings. The molecule has 0 unspecified atom stereocenters. The molecule has 0 aliphatic rings. The fourth-order valence-electron chi connectivity index (χ4n) is 2.12. The third-order valence-electron chi connectivity index (χ3n) is 3.43. The second-order valence-electron chi connectivity index (χ2n) is 5.39. The van der Waals surface area contributed by atoms with Crippen LogP contribution in [0.25, 0.3) is 0 Å². The summed E-state index contributed by atoms with van der Waals surface area (Å²) in [6, 6.07) is 18.9. The summed E-state index contributed by atoms with van der Waals surface area (Å²) in [6.45, 7) is 3.14. The fraction of sp³-hybridized carbons (Fsp3) is 0.316. The number of anilines is 1. The van der Waals surface area contributed by atoms with E-state index in [1.54, 1.807) is 0 Å². The van der Waals surface area contributed by atoms with Crippen LogP contribution in [0, 0.1) is 0 Å². The predicted octanol–water partition coefficient (Wildman–Crippen LogP) is 5.46. The highest BCUT2D eigenvalue weighted by Gasteiger charge is 1.99. The standard InChI is InChI=1S/C19H24N2S2/c1-2-3-7-14-20-19(22)21-17-12-10-16(11-13-17)15-23-18-8-5-4-6-9-18/h4-6,8-13H,2-3,7,14-15H2,1H3,(H2,20,21,22). The summed E-state index contributed by atoms with van der Waals surface area (Å²) < 4.78 is 0. The molecule has 122 valence electrons. The largest absolute Gasteiger partial charge is 0.362 e. The van der Waals surface area contributed by atoms with Crippen molar-refractivity contribution in [3.8, 4) is 0 Å². The number of benzene rings is 2. The average molecular weight is 345 g/mol. The molecule has 0 saturated heterocycles. The van der Waals surface area contributed by atoms with E-state index in [0.29, 0.717) is 5.11 Å². The van der Waals surface area contributed by atoms with Gasteiger partial charge < -0.3 is 10.6 Å². The van der Waals surface area contributed by atoms with Crippen molar-refractivity contribution in [1.29, 1.82) is 0 Å². The van der Waals surface area contributed by atoms with Crippen LogP contribution in [0.3, 0.4) is 0 Å². The normalized spacial score (nSPS) is 10.3. The van der Waals surface area contributed by atoms with Gasteiger partial charge in [-0.2, -0.15) is 0 Å². The van der Waals surface area contributed by atoms with Crippen LogP contribution in [-0.4, -0.2) is 11.7 Å². The Balaban J connectivity index is 1.74. The number of hydrogen-bond donors (Lipinski definition) is 2. The highest BCUT2D eigenvalue weighted by molar-refractivity contribution is 7.98. The summed E-state index contributed by atoms with van der Waals surface area (Å²) in [4.78, 5) is 1.30. The molecule has 0 bridgehead atoms. The summed E-state index contributed by atoms with van der Waals surface area (Å²) in [6.07, 6.45) is 3.63. The summed E-state index contributed by atoms with van der Waals surface area (Å²) in [5, 5.41) is 7.18. The molecule has 2 nitrogen and oxygen atoms in total. The fourth-order valence-corrected chi connectivity index (χ4v) is 3.22. The minimum Gasteiger partial charge on any atom is -0.362 e. The maximum Gasteiger partial charge on any atom is 0.170 e. The molecule has 0 atom stereocenters. The molecular formula is C19H24N2S2. The number of hydrogen-bond acceptors (Lipinski definition) is 2. The molecule has 0 radical (unpaired) electrons. The third-order valence-corrected chi connectivity index (χ3v) is 4.76. The molecule has 0 amide bonds. The first-order valence-corrected chi connectivity index (χ1v) is 9.49. The lowest BCUT2D eigenvalue weighted by Crippen LogP contribution is -2.29. The smallest absolute Gasteiger partial charge is 0.170 e. The number of thioether (sulfide) groups is 1.